The second kappa shape index (κ2) is 1.98. The van der Waals surface area contributed by atoms with Gasteiger partial charge in [-0.25, -0.2) is 0 Å². The van der Waals surface area contributed by atoms with Gasteiger partial charge in [-0.1, -0.05) is 0 Å². The van der Waals surface area contributed by atoms with E-state index in [-0.39, 0.29) is 0 Å². The van der Waals surface area contributed by atoms with Gasteiger partial charge in [-0.2, -0.15) is 0 Å². The minimum absolute atomic E-state index is 0.925. The summed E-state index contributed by atoms with van der Waals surface area (Å²) in [6.45, 7) is 0. The predicted molar refractivity (Wildman–Crippen MR) is 37.9 cm³/mol. The van der Waals surface area contributed by atoms with Crippen LogP contribution in [-0.4, -0.2) is 18.0 Å². The topological polar surface area (TPSA) is 3.24 Å². The minimum Gasteiger partial charge on any atom is -0.296 e. The number of hydrogen-bond acceptors (Lipinski definition) is 1. The van der Waals surface area contributed by atoms with Gasteiger partial charge in [-0.15, -0.1) is 0 Å². The highest BCUT2D eigenvalue weighted by Crippen LogP contribution is 2.38. The Balaban J connectivity index is 2.10. The summed E-state index contributed by atoms with van der Waals surface area (Å²) in [7, 11) is 2.26. The molecule has 9 heavy (non-hydrogen) atoms. The van der Waals surface area contributed by atoms with Gasteiger partial charge >= 0.3 is 0 Å². The summed E-state index contributed by atoms with van der Waals surface area (Å²) in [5.74, 6) is 0. The summed E-state index contributed by atoms with van der Waals surface area (Å²) >= 11 is 0. The van der Waals surface area contributed by atoms with E-state index in [1.165, 1.54) is 32.1 Å². The van der Waals surface area contributed by atoms with Crippen LogP contribution in [0.3, 0.4) is 0 Å². The lowest BCUT2D eigenvalue weighted by atomic mass is 10.0. The molecule has 0 aliphatic carbocycles. The maximum absolute atomic E-state index is 2.50. The van der Waals surface area contributed by atoms with Crippen LogP contribution in [-0.2, 0) is 0 Å². The molecule has 1 unspecified atom stereocenters. The van der Waals surface area contributed by atoms with Crippen molar-refractivity contribution in [2.24, 2.45) is 0 Å². The van der Waals surface area contributed by atoms with Crippen molar-refractivity contribution in [1.29, 1.82) is 0 Å². The van der Waals surface area contributed by atoms with Gasteiger partial charge in [0.2, 0.25) is 0 Å². The van der Waals surface area contributed by atoms with Gasteiger partial charge in [0.05, 0.1) is 0 Å². The summed E-state index contributed by atoms with van der Waals surface area (Å²) < 4.78 is 0. The standard InChI is InChI=1S/C8H14N/c1-9-7-3-2-4-8(9)6-5-7/h7H,2-6H2,1H3. The number of rotatable bonds is 0. The predicted octanol–water partition coefficient (Wildman–Crippen LogP) is 1.80. The highest BCUT2D eigenvalue weighted by molar-refractivity contribution is 5.02. The fourth-order valence-corrected chi connectivity index (χ4v) is 2.14. The molecule has 0 aromatic heterocycles. The molecule has 1 heteroatoms. The van der Waals surface area contributed by atoms with Gasteiger partial charge in [0.15, 0.2) is 0 Å². The molecule has 1 nitrogen and oxygen atoms in total. The molecule has 0 aromatic carbocycles. The second-order valence-electron chi connectivity index (χ2n) is 3.26. The molecule has 1 atom stereocenters. The van der Waals surface area contributed by atoms with Crippen LogP contribution in [0.25, 0.3) is 0 Å². The van der Waals surface area contributed by atoms with Crippen molar-refractivity contribution >= 4 is 0 Å². The van der Waals surface area contributed by atoms with E-state index < -0.39 is 0 Å². The molecule has 51 valence electrons. The Labute approximate surface area is 57.0 Å². The SMILES string of the molecule is CN1[C]2CCCC1CC2. The molecule has 2 saturated heterocycles. The summed E-state index contributed by atoms with van der Waals surface area (Å²) in [6, 6.07) is 2.64. The third-order valence-electron chi connectivity index (χ3n) is 2.82. The van der Waals surface area contributed by atoms with E-state index >= 15 is 0 Å². The van der Waals surface area contributed by atoms with Gasteiger partial charge in [-0.05, 0) is 39.2 Å². The van der Waals surface area contributed by atoms with Crippen molar-refractivity contribution < 1.29 is 0 Å². The molecule has 0 aromatic rings. The summed E-state index contributed by atoms with van der Waals surface area (Å²) in [6.07, 6.45) is 7.10. The first-order valence-electron chi connectivity index (χ1n) is 3.95. The maximum Gasteiger partial charge on any atom is 0.0393 e. The zero-order chi connectivity index (χ0) is 6.27. The first kappa shape index (κ1) is 5.72. The maximum atomic E-state index is 2.50. The van der Waals surface area contributed by atoms with Gasteiger partial charge in [-0.3, -0.25) is 4.90 Å². The van der Waals surface area contributed by atoms with Crippen molar-refractivity contribution in [1.82, 2.24) is 4.90 Å². The van der Waals surface area contributed by atoms with Crippen molar-refractivity contribution in [3.63, 3.8) is 0 Å². The molecule has 2 bridgehead atoms. The largest absolute Gasteiger partial charge is 0.296 e. The molecule has 0 amide bonds. The highest BCUT2D eigenvalue weighted by atomic mass is 15.2. The van der Waals surface area contributed by atoms with Gasteiger partial charge in [0.1, 0.15) is 0 Å². The average Bonchev–Trinajstić information content (AvgIpc) is 2.19. The van der Waals surface area contributed by atoms with Crippen LogP contribution in [0.2, 0.25) is 0 Å². The van der Waals surface area contributed by atoms with Gasteiger partial charge in [0, 0.05) is 12.1 Å². The van der Waals surface area contributed by atoms with Crippen molar-refractivity contribution in [3.05, 3.63) is 6.04 Å². The Morgan fingerprint density at radius 1 is 1.33 bits per heavy atom. The van der Waals surface area contributed by atoms with E-state index in [0.29, 0.717) is 0 Å². The summed E-state index contributed by atoms with van der Waals surface area (Å²) in [5.41, 5.74) is 0. The Morgan fingerprint density at radius 2 is 2.22 bits per heavy atom. The Hall–Kier alpha value is -0.0400. The number of nitrogens with zero attached hydrogens (tertiary/aromatic N) is 1. The molecule has 2 heterocycles. The molecule has 1 radical (unpaired) electrons. The van der Waals surface area contributed by atoms with Crippen LogP contribution in [0.1, 0.15) is 32.1 Å². The quantitative estimate of drug-likeness (QED) is 0.476. The molecule has 0 saturated carbocycles. The van der Waals surface area contributed by atoms with Crippen LogP contribution >= 0.6 is 0 Å². The molecule has 0 N–H and O–H groups in total. The van der Waals surface area contributed by atoms with E-state index in [1.54, 1.807) is 6.04 Å². The zero-order valence-corrected chi connectivity index (χ0v) is 6.06. The third kappa shape index (κ3) is 0.787. The fraction of sp³-hybridized carbons (Fsp3) is 0.875. The fourth-order valence-electron chi connectivity index (χ4n) is 2.14. The average molecular weight is 124 g/mol. The number of piperidine rings is 1. The van der Waals surface area contributed by atoms with Crippen LogP contribution < -0.4 is 0 Å². The third-order valence-corrected chi connectivity index (χ3v) is 2.82. The number of fused-ring (bicyclic) bond motifs is 2. The number of hydrogen-bond donors (Lipinski definition) is 0. The van der Waals surface area contributed by atoms with E-state index in [2.05, 4.69) is 11.9 Å². The molecule has 2 aliphatic rings. The molecular weight excluding hydrogens is 110 g/mol. The van der Waals surface area contributed by atoms with Crippen LogP contribution in [0.4, 0.5) is 0 Å². The molecule has 2 fully saturated rings. The monoisotopic (exact) mass is 124 g/mol. The lowest BCUT2D eigenvalue weighted by Gasteiger charge is -2.29. The Bertz CT molecular complexity index is 95.1. The zero-order valence-electron chi connectivity index (χ0n) is 6.06. The van der Waals surface area contributed by atoms with E-state index in [9.17, 15) is 0 Å². The summed E-state index contributed by atoms with van der Waals surface area (Å²) in [5, 5.41) is 0. The molecular formula is C8H14N. The Kier molecular flexibility index (Phi) is 1.26. The highest BCUT2D eigenvalue weighted by Gasteiger charge is 2.33. The molecule has 2 rings (SSSR count). The van der Waals surface area contributed by atoms with E-state index in [0.717, 1.165) is 6.04 Å². The first-order valence-corrected chi connectivity index (χ1v) is 3.95. The van der Waals surface area contributed by atoms with Gasteiger partial charge in [0.25, 0.3) is 0 Å². The van der Waals surface area contributed by atoms with Crippen molar-refractivity contribution in [2.45, 2.75) is 38.1 Å². The smallest absolute Gasteiger partial charge is 0.0393 e. The van der Waals surface area contributed by atoms with Crippen LogP contribution in [0.15, 0.2) is 0 Å². The minimum atomic E-state index is 0.925. The van der Waals surface area contributed by atoms with Crippen molar-refractivity contribution in [3.8, 4) is 0 Å². The second-order valence-corrected chi connectivity index (χ2v) is 3.26. The first-order chi connectivity index (χ1) is 4.38. The normalized spacial score (nSPS) is 37.7. The molecule has 2 aliphatic heterocycles. The van der Waals surface area contributed by atoms with Crippen molar-refractivity contribution in [2.75, 3.05) is 7.05 Å². The van der Waals surface area contributed by atoms with Gasteiger partial charge < -0.3 is 0 Å². The summed E-state index contributed by atoms with van der Waals surface area (Å²) in [4.78, 5) is 2.50. The van der Waals surface area contributed by atoms with Crippen LogP contribution in [0, 0.1) is 6.04 Å². The van der Waals surface area contributed by atoms with E-state index in [4.69, 9.17) is 0 Å². The lowest BCUT2D eigenvalue weighted by Crippen LogP contribution is -2.30. The lowest BCUT2D eigenvalue weighted by molar-refractivity contribution is 0.243. The molecule has 0 spiro atoms. The van der Waals surface area contributed by atoms with Crippen LogP contribution in [0.5, 0.6) is 0 Å². The van der Waals surface area contributed by atoms with E-state index in [1.807, 2.05) is 0 Å². The Morgan fingerprint density at radius 3 is 2.89 bits per heavy atom.